The van der Waals surface area contributed by atoms with Crippen molar-refractivity contribution in [3.05, 3.63) is 0 Å². The Kier molecular flexibility index (Phi) is 4.16. The Morgan fingerprint density at radius 1 is 1.36 bits per heavy atom. The van der Waals surface area contributed by atoms with Crippen LogP contribution in [0.5, 0.6) is 0 Å². The van der Waals surface area contributed by atoms with Crippen LogP contribution in [0.15, 0.2) is 0 Å². The molecule has 66 valence electrons. The average molecular weight is 175 g/mol. The minimum Gasteiger partial charge on any atom is -0.294 e. The number of rotatable bonds is 3. The number of Topliss-reactive ketones (excluding diaryl/α,β-unsaturated/α-hetero) is 1. The molecule has 0 aliphatic rings. The summed E-state index contributed by atoms with van der Waals surface area (Å²) < 4.78 is 0.296. The molecule has 0 saturated carbocycles. The molecule has 0 heterocycles. The van der Waals surface area contributed by atoms with E-state index in [0.29, 0.717) is 17.0 Å². The van der Waals surface area contributed by atoms with Gasteiger partial charge < -0.3 is 0 Å². The summed E-state index contributed by atoms with van der Waals surface area (Å²) in [6.45, 7) is 8.51. The summed E-state index contributed by atoms with van der Waals surface area (Å²) in [5.41, 5.74) is 0. The summed E-state index contributed by atoms with van der Waals surface area (Å²) in [5, 5.41) is 0. The standard InChI is InChI=1S/C9H19OS/c1-6-8(10)7-11(5)9(2,3)4/h6-7H2,1-5H3/q+1. The number of hydrogen-bond acceptors (Lipinski definition) is 1. The monoisotopic (exact) mass is 175 g/mol. The van der Waals surface area contributed by atoms with Crippen molar-refractivity contribution in [2.75, 3.05) is 12.0 Å². The molecule has 0 rings (SSSR count). The van der Waals surface area contributed by atoms with Gasteiger partial charge in [-0.05, 0) is 31.7 Å². The lowest BCUT2D eigenvalue weighted by Crippen LogP contribution is -2.32. The number of hydrogen-bond donors (Lipinski definition) is 0. The zero-order chi connectivity index (χ0) is 9.07. The van der Waals surface area contributed by atoms with Gasteiger partial charge in [0.2, 0.25) is 0 Å². The van der Waals surface area contributed by atoms with Gasteiger partial charge in [-0.15, -0.1) is 0 Å². The number of carbonyl (C=O) groups excluding carboxylic acids is 1. The average Bonchev–Trinajstić information content (AvgIpc) is 1.85. The molecule has 0 aliphatic carbocycles. The van der Waals surface area contributed by atoms with Crippen LogP contribution in [0.4, 0.5) is 0 Å². The molecule has 0 bridgehead atoms. The maximum absolute atomic E-state index is 11.1. The summed E-state index contributed by atoms with van der Waals surface area (Å²) >= 11 is 0. The first-order valence-corrected chi connectivity index (χ1v) is 5.82. The van der Waals surface area contributed by atoms with Crippen LogP contribution in [-0.2, 0) is 15.7 Å². The van der Waals surface area contributed by atoms with Crippen molar-refractivity contribution in [1.82, 2.24) is 0 Å². The molecule has 2 heteroatoms. The maximum Gasteiger partial charge on any atom is 0.181 e. The third-order valence-corrected chi connectivity index (χ3v) is 4.66. The van der Waals surface area contributed by atoms with E-state index in [1.54, 1.807) is 0 Å². The molecule has 0 amide bonds. The second kappa shape index (κ2) is 4.15. The summed E-state index contributed by atoms with van der Waals surface area (Å²) in [5.74, 6) is 1.16. The first-order chi connectivity index (χ1) is 4.88. The lowest BCUT2D eigenvalue weighted by atomic mass is 10.3. The Bertz CT molecular complexity index is 135. The van der Waals surface area contributed by atoms with Crippen LogP contribution >= 0.6 is 0 Å². The quantitative estimate of drug-likeness (QED) is 0.600. The Balaban J connectivity index is 3.87. The maximum atomic E-state index is 11.1. The lowest BCUT2D eigenvalue weighted by Gasteiger charge is -2.17. The van der Waals surface area contributed by atoms with E-state index in [9.17, 15) is 4.79 Å². The van der Waals surface area contributed by atoms with E-state index in [1.807, 2.05) is 6.92 Å². The van der Waals surface area contributed by atoms with E-state index in [-0.39, 0.29) is 10.9 Å². The Morgan fingerprint density at radius 3 is 2.09 bits per heavy atom. The predicted molar refractivity (Wildman–Crippen MR) is 53.2 cm³/mol. The van der Waals surface area contributed by atoms with Crippen molar-refractivity contribution in [3.63, 3.8) is 0 Å². The van der Waals surface area contributed by atoms with E-state index in [2.05, 4.69) is 27.0 Å². The van der Waals surface area contributed by atoms with Crippen molar-refractivity contribution >= 4 is 16.7 Å². The van der Waals surface area contributed by atoms with E-state index < -0.39 is 0 Å². The third-order valence-electron chi connectivity index (χ3n) is 1.82. The van der Waals surface area contributed by atoms with Crippen LogP contribution in [0.3, 0.4) is 0 Å². The highest BCUT2D eigenvalue weighted by Gasteiger charge is 2.30. The van der Waals surface area contributed by atoms with Crippen molar-refractivity contribution in [2.45, 2.75) is 38.9 Å². The SMILES string of the molecule is CCC(=O)C[S+](C)C(C)(C)C. The molecule has 0 saturated heterocycles. The van der Waals surface area contributed by atoms with E-state index in [1.165, 1.54) is 0 Å². The first-order valence-electron chi connectivity index (χ1n) is 4.02. The number of ketones is 1. The zero-order valence-corrected chi connectivity index (χ0v) is 9.05. The van der Waals surface area contributed by atoms with Crippen molar-refractivity contribution in [2.24, 2.45) is 0 Å². The molecule has 0 spiro atoms. The second-order valence-corrected chi connectivity index (χ2v) is 6.57. The van der Waals surface area contributed by atoms with Crippen LogP contribution < -0.4 is 0 Å². The van der Waals surface area contributed by atoms with E-state index in [0.717, 1.165) is 5.75 Å². The fraction of sp³-hybridized carbons (Fsp3) is 0.889. The smallest absolute Gasteiger partial charge is 0.181 e. The van der Waals surface area contributed by atoms with Gasteiger partial charge in [-0.2, -0.15) is 0 Å². The summed E-state index contributed by atoms with van der Waals surface area (Å²) in [6, 6.07) is 0. The molecule has 11 heavy (non-hydrogen) atoms. The summed E-state index contributed by atoms with van der Waals surface area (Å²) in [6.07, 6.45) is 2.86. The minimum atomic E-state index is 0.233. The lowest BCUT2D eigenvalue weighted by molar-refractivity contribution is -0.116. The highest BCUT2D eigenvalue weighted by molar-refractivity contribution is 7.98. The fourth-order valence-corrected chi connectivity index (χ4v) is 1.68. The molecule has 0 fully saturated rings. The van der Waals surface area contributed by atoms with E-state index in [4.69, 9.17) is 0 Å². The van der Waals surface area contributed by atoms with Gasteiger partial charge in [0.05, 0.1) is 6.26 Å². The van der Waals surface area contributed by atoms with Gasteiger partial charge in [-0.1, -0.05) is 6.92 Å². The van der Waals surface area contributed by atoms with Gasteiger partial charge in [0, 0.05) is 6.42 Å². The Hall–Kier alpha value is 0.0200. The molecule has 0 N–H and O–H groups in total. The van der Waals surface area contributed by atoms with Crippen molar-refractivity contribution in [1.29, 1.82) is 0 Å². The van der Waals surface area contributed by atoms with E-state index >= 15 is 0 Å². The largest absolute Gasteiger partial charge is 0.294 e. The normalized spacial score (nSPS) is 14.6. The molecule has 0 aromatic carbocycles. The summed E-state index contributed by atoms with van der Waals surface area (Å²) in [7, 11) is 0.233. The molecular weight excluding hydrogens is 156 g/mol. The van der Waals surface area contributed by atoms with Gasteiger partial charge in [0.15, 0.2) is 11.5 Å². The van der Waals surface area contributed by atoms with Gasteiger partial charge in [-0.25, -0.2) is 0 Å². The van der Waals surface area contributed by atoms with Gasteiger partial charge in [0.25, 0.3) is 0 Å². The Morgan fingerprint density at radius 2 is 1.82 bits per heavy atom. The van der Waals surface area contributed by atoms with Gasteiger partial charge >= 0.3 is 0 Å². The molecule has 0 aromatic heterocycles. The Labute approximate surface area is 72.9 Å². The van der Waals surface area contributed by atoms with Crippen LogP contribution in [0.2, 0.25) is 0 Å². The second-order valence-electron chi connectivity index (χ2n) is 3.79. The predicted octanol–water partition coefficient (Wildman–Crippen LogP) is 2.01. The van der Waals surface area contributed by atoms with Gasteiger partial charge in [-0.3, -0.25) is 4.79 Å². The molecule has 0 aliphatic heterocycles. The molecule has 0 aromatic rings. The topological polar surface area (TPSA) is 17.1 Å². The third kappa shape index (κ3) is 4.46. The first kappa shape index (κ1) is 11.0. The molecule has 1 nitrogen and oxygen atoms in total. The molecule has 1 unspecified atom stereocenters. The van der Waals surface area contributed by atoms with Crippen LogP contribution in [-0.4, -0.2) is 22.5 Å². The molecular formula is C9H19OS+. The van der Waals surface area contributed by atoms with Crippen LogP contribution in [0.25, 0.3) is 0 Å². The number of carbonyl (C=O) groups is 1. The fourth-order valence-electron chi connectivity index (χ4n) is 0.560. The highest BCUT2D eigenvalue weighted by atomic mass is 32.2. The van der Waals surface area contributed by atoms with Gasteiger partial charge in [0.1, 0.15) is 4.75 Å². The molecule has 0 radical (unpaired) electrons. The zero-order valence-electron chi connectivity index (χ0n) is 8.23. The summed E-state index contributed by atoms with van der Waals surface area (Å²) in [4.78, 5) is 11.1. The van der Waals surface area contributed by atoms with Crippen molar-refractivity contribution in [3.8, 4) is 0 Å². The minimum absolute atomic E-state index is 0.233. The van der Waals surface area contributed by atoms with Crippen LogP contribution in [0.1, 0.15) is 34.1 Å². The van der Waals surface area contributed by atoms with Crippen LogP contribution in [0, 0.1) is 0 Å². The van der Waals surface area contributed by atoms with Crippen molar-refractivity contribution < 1.29 is 4.79 Å². The highest BCUT2D eigenvalue weighted by Crippen LogP contribution is 2.16. The molecule has 1 atom stereocenters.